The van der Waals surface area contributed by atoms with Crippen molar-refractivity contribution in [1.29, 1.82) is 0 Å². The number of nitrogens with two attached hydrogens (primary N) is 1. The number of amides is 1. The maximum atomic E-state index is 13.0. The Hall–Kier alpha value is -2.89. The Morgan fingerprint density at radius 3 is 2.65 bits per heavy atom. The third kappa shape index (κ3) is 4.43. The predicted octanol–water partition coefficient (Wildman–Crippen LogP) is 4.14. The lowest BCUT2D eigenvalue weighted by atomic mass is 10.0. The van der Waals surface area contributed by atoms with E-state index in [-0.39, 0.29) is 5.91 Å². The number of nitrogen functional groups attached to an aromatic ring is 1. The molecule has 0 spiro atoms. The summed E-state index contributed by atoms with van der Waals surface area (Å²) in [5.74, 6) is 2.27. The number of aryl methyl sites for hydroxylation is 2. The van der Waals surface area contributed by atoms with E-state index in [0.29, 0.717) is 31.2 Å². The van der Waals surface area contributed by atoms with Crippen molar-refractivity contribution in [3.05, 3.63) is 53.0 Å². The van der Waals surface area contributed by atoms with Crippen LogP contribution in [0.1, 0.15) is 56.3 Å². The molecule has 1 amide bonds. The monoisotopic (exact) mass is 419 g/mol. The van der Waals surface area contributed by atoms with Gasteiger partial charge in [0.05, 0.1) is 11.2 Å². The van der Waals surface area contributed by atoms with Crippen LogP contribution in [0.5, 0.6) is 0 Å². The van der Waals surface area contributed by atoms with E-state index in [1.54, 1.807) is 0 Å². The molecule has 1 aliphatic heterocycles. The van der Waals surface area contributed by atoms with Crippen LogP contribution in [-0.4, -0.2) is 31.9 Å². The smallest absolute Gasteiger partial charge is 0.223 e. The lowest BCUT2D eigenvalue weighted by Crippen LogP contribution is -2.37. The molecule has 3 heterocycles. The van der Waals surface area contributed by atoms with Gasteiger partial charge in [-0.3, -0.25) is 4.79 Å². The van der Waals surface area contributed by atoms with Gasteiger partial charge in [0.1, 0.15) is 11.3 Å². The summed E-state index contributed by atoms with van der Waals surface area (Å²) in [6.45, 7) is 8.78. The Morgan fingerprint density at radius 2 is 1.94 bits per heavy atom. The summed E-state index contributed by atoms with van der Waals surface area (Å²) in [4.78, 5) is 24.6. The van der Waals surface area contributed by atoms with Crippen LogP contribution in [-0.2, 0) is 37.1 Å². The van der Waals surface area contributed by atoms with Crippen molar-refractivity contribution in [2.45, 2.75) is 66.0 Å². The molecule has 0 bridgehead atoms. The summed E-state index contributed by atoms with van der Waals surface area (Å²) >= 11 is 0. The number of imidazole rings is 1. The zero-order valence-corrected chi connectivity index (χ0v) is 18.9. The molecule has 0 radical (unpaired) electrons. The summed E-state index contributed by atoms with van der Waals surface area (Å²) in [5.41, 5.74) is 11.5. The number of hydrogen-bond donors (Lipinski definition) is 1. The van der Waals surface area contributed by atoms with E-state index in [0.717, 1.165) is 60.3 Å². The van der Waals surface area contributed by atoms with Crippen LogP contribution in [0.15, 0.2) is 30.3 Å². The molecular formula is C25H33N5O. The quantitative estimate of drug-likeness (QED) is 0.624. The van der Waals surface area contributed by atoms with Gasteiger partial charge in [-0.1, -0.05) is 51.1 Å². The fourth-order valence-corrected chi connectivity index (χ4v) is 4.51. The Kier molecular flexibility index (Phi) is 6.25. The zero-order chi connectivity index (χ0) is 22.0. The number of hydrogen-bond acceptors (Lipinski definition) is 4. The van der Waals surface area contributed by atoms with Crippen LogP contribution in [0.2, 0.25) is 0 Å². The summed E-state index contributed by atoms with van der Waals surface area (Å²) in [6, 6.07) is 10.2. The molecule has 0 saturated heterocycles. The van der Waals surface area contributed by atoms with E-state index in [9.17, 15) is 4.79 Å². The van der Waals surface area contributed by atoms with Gasteiger partial charge in [0.15, 0.2) is 5.82 Å². The summed E-state index contributed by atoms with van der Waals surface area (Å²) in [7, 11) is 0. The summed E-state index contributed by atoms with van der Waals surface area (Å²) < 4.78 is 2.33. The van der Waals surface area contributed by atoms with Crippen molar-refractivity contribution in [3.8, 4) is 0 Å². The largest absolute Gasteiger partial charge is 0.382 e. The molecule has 6 nitrogen and oxygen atoms in total. The molecule has 0 fully saturated rings. The molecule has 0 unspecified atom stereocenters. The number of benzene rings is 1. The number of carbonyl (C=O) groups is 1. The first-order valence-electron chi connectivity index (χ1n) is 11.5. The standard InChI is InChI=1S/C25H33N5O/c1-4-8-21-28-23-24(30(21)15-17(2)3)19-16-29(14-13-20(19)27-25(23)26)22(31)12-11-18-9-6-5-7-10-18/h5-7,9-10,17H,4,8,11-16H2,1-3H3,(H2,26,27). The van der Waals surface area contributed by atoms with Gasteiger partial charge in [-0.25, -0.2) is 9.97 Å². The Labute approximate surface area is 184 Å². The fraction of sp³-hybridized carbons (Fsp3) is 0.480. The number of carbonyl (C=O) groups excluding carboxylic acids is 1. The van der Waals surface area contributed by atoms with Crippen molar-refractivity contribution >= 4 is 22.8 Å². The van der Waals surface area contributed by atoms with E-state index in [1.165, 1.54) is 5.56 Å². The molecule has 0 atom stereocenters. The number of pyridine rings is 1. The fourth-order valence-electron chi connectivity index (χ4n) is 4.51. The van der Waals surface area contributed by atoms with Crippen LogP contribution in [0, 0.1) is 5.92 Å². The molecule has 164 valence electrons. The van der Waals surface area contributed by atoms with Crippen molar-refractivity contribution in [3.63, 3.8) is 0 Å². The minimum absolute atomic E-state index is 0.197. The molecule has 3 aromatic rings. The Balaban J connectivity index is 1.65. The number of anilines is 1. The van der Waals surface area contributed by atoms with Gasteiger partial charge in [0.25, 0.3) is 0 Å². The van der Waals surface area contributed by atoms with E-state index in [4.69, 9.17) is 10.7 Å². The highest BCUT2D eigenvalue weighted by molar-refractivity contribution is 5.89. The predicted molar refractivity (Wildman–Crippen MR) is 125 cm³/mol. The zero-order valence-electron chi connectivity index (χ0n) is 18.9. The lowest BCUT2D eigenvalue weighted by Gasteiger charge is -2.29. The first kappa shape index (κ1) is 21.3. The molecule has 1 aliphatic rings. The molecular weight excluding hydrogens is 386 g/mol. The van der Waals surface area contributed by atoms with Gasteiger partial charge >= 0.3 is 0 Å². The highest BCUT2D eigenvalue weighted by Crippen LogP contribution is 2.31. The molecule has 2 N–H and O–H groups in total. The van der Waals surface area contributed by atoms with Gasteiger partial charge in [0, 0.05) is 44.5 Å². The first-order valence-corrected chi connectivity index (χ1v) is 11.5. The summed E-state index contributed by atoms with van der Waals surface area (Å²) in [6.07, 6.45) is 3.97. The van der Waals surface area contributed by atoms with Gasteiger partial charge in [0.2, 0.25) is 5.91 Å². The number of nitrogens with zero attached hydrogens (tertiary/aromatic N) is 4. The van der Waals surface area contributed by atoms with Crippen LogP contribution in [0.4, 0.5) is 5.82 Å². The average molecular weight is 420 g/mol. The van der Waals surface area contributed by atoms with Crippen LogP contribution in [0.3, 0.4) is 0 Å². The molecule has 0 aliphatic carbocycles. The maximum Gasteiger partial charge on any atom is 0.223 e. The van der Waals surface area contributed by atoms with E-state index in [2.05, 4.69) is 42.5 Å². The SMILES string of the molecule is CCCc1nc2c(N)nc3c(c2n1CC(C)C)CN(C(=O)CCc1ccccc1)CC3. The second kappa shape index (κ2) is 9.08. The normalized spacial score (nSPS) is 13.7. The lowest BCUT2D eigenvalue weighted by molar-refractivity contribution is -0.132. The van der Waals surface area contributed by atoms with Gasteiger partial charge in [-0.2, -0.15) is 0 Å². The maximum absolute atomic E-state index is 13.0. The van der Waals surface area contributed by atoms with E-state index in [1.807, 2.05) is 23.1 Å². The molecule has 6 heteroatoms. The Bertz CT molecular complexity index is 1070. The molecule has 1 aromatic carbocycles. The summed E-state index contributed by atoms with van der Waals surface area (Å²) in [5, 5.41) is 0. The average Bonchev–Trinajstić information content (AvgIpc) is 3.11. The van der Waals surface area contributed by atoms with Crippen LogP contribution >= 0.6 is 0 Å². The van der Waals surface area contributed by atoms with Gasteiger partial charge in [-0.15, -0.1) is 0 Å². The molecule has 4 rings (SSSR count). The molecule has 31 heavy (non-hydrogen) atoms. The Morgan fingerprint density at radius 1 is 1.16 bits per heavy atom. The third-order valence-electron chi connectivity index (χ3n) is 5.99. The van der Waals surface area contributed by atoms with Crippen LogP contribution in [0.25, 0.3) is 11.0 Å². The first-order chi connectivity index (χ1) is 15.0. The minimum Gasteiger partial charge on any atom is -0.382 e. The van der Waals surface area contributed by atoms with Crippen molar-refractivity contribution < 1.29 is 4.79 Å². The second-order valence-corrected chi connectivity index (χ2v) is 8.95. The second-order valence-electron chi connectivity index (χ2n) is 8.95. The van der Waals surface area contributed by atoms with Gasteiger partial charge < -0.3 is 15.2 Å². The number of fused-ring (bicyclic) bond motifs is 3. The topological polar surface area (TPSA) is 77.0 Å². The molecule has 0 saturated carbocycles. The van der Waals surface area contributed by atoms with Crippen LogP contribution < -0.4 is 5.73 Å². The highest BCUT2D eigenvalue weighted by Gasteiger charge is 2.27. The highest BCUT2D eigenvalue weighted by atomic mass is 16.2. The van der Waals surface area contributed by atoms with Crippen molar-refractivity contribution in [1.82, 2.24) is 19.4 Å². The van der Waals surface area contributed by atoms with Crippen molar-refractivity contribution in [2.75, 3.05) is 12.3 Å². The molecule has 2 aromatic heterocycles. The van der Waals surface area contributed by atoms with E-state index < -0.39 is 0 Å². The third-order valence-corrected chi connectivity index (χ3v) is 5.99. The minimum atomic E-state index is 0.197. The number of aromatic nitrogens is 3. The van der Waals surface area contributed by atoms with Crippen molar-refractivity contribution in [2.24, 2.45) is 5.92 Å². The van der Waals surface area contributed by atoms with Gasteiger partial charge in [-0.05, 0) is 24.3 Å². The number of rotatable bonds is 7. The van der Waals surface area contributed by atoms with E-state index >= 15 is 0 Å².